The molecule has 152 valence electrons. The van der Waals surface area contributed by atoms with Crippen molar-refractivity contribution in [3.63, 3.8) is 0 Å². The number of halogens is 1. The summed E-state index contributed by atoms with van der Waals surface area (Å²) in [6, 6.07) is 0. The van der Waals surface area contributed by atoms with Crippen molar-refractivity contribution < 1.29 is 23.9 Å². The molecule has 0 atom stereocenters. The molecule has 0 spiro atoms. The van der Waals surface area contributed by atoms with Crippen molar-refractivity contribution >= 4 is 45.8 Å². The van der Waals surface area contributed by atoms with Crippen LogP contribution in [0.1, 0.15) is 51.6 Å². The van der Waals surface area contributed by atoms with Crippen molar-refractivity contribution in [2.75, 3.05) is 18.5 Å². The van der Waals surface area contributed by atoms with E-state index in [9.17, 15) is 14.4 Å². The van der Waals surface area contributed by atoms with Crippen LogP contribution in [0.2, 0.25) is 5.02 Å². The summed E-state index contributed by atoms with van der Waals surface area (Å²) in [6.07, 6.45) is 1.63. The lowest BCUT2D eigenvalue weighted by Crippen LogP contribution is -2.17. The van der Waals surface area contributed by atoms with Gasteiger partial charge in [-0.3, -0.25) is 9.48 Å². The molecule has 0 saturated carbocycles. The Morgan fingerprint density at radius 2 is 1.82 bits per heavy atom. The van der Waals surface area contributed by atoms with E-state index in [-0.39, 0.29) is 41.0 Å². The predicted octanol–water partition coefficient (Wildman–Crippen LogP) is 3.60. The average Bonchev–Trinajstić information content (AvgIpc) is 3.13. The van der Waals surface area contributed by atoms with Crippen LogP contribution >= 0.6 is 22.9 Å². The van der Waals surface area contributed by atoms with E-state index in [1.54, 1.807) is 32.4 Å². The summed E-state index contributed by atoms with van der Waals surface area (Å²) < 4.78 is 11.7. The van der Waals surface area contributed by atoms with Crippen molar-refractivity contribution in [3.05, 3.63) is 32.9 Å². The van der Waals surface area contributed by atoms with Gasteiger partial charge in [0.1, 0.15) is 9.88 Å². The maximum Gasteiger partial charge on any atom is 0.348 e. The van der Waals surface area contributed by atoms with Crippen LogP contribution in [0.3, 0.4) is 0 Å². The molecular weight excluding hydrogens is 406 g/mol. The minimum absolute atomic E-state index is 0.118. The fourth-order valence-corrected chi connectivity index (χ4v) is 3.73. The van der Waals surface area contributed by atoms with Gasteiger partial charge in [0.05, 0.1) is 42.2 Å². The van der Waals surface area contributed by atoms with Crippen LogP contribution in [0, 0.1) is 13.8 Å². The molecule has 0 saturated heterocycles. The Balaban J connectivity index is 2.21. The van der Waals surface area contributed by atoms with E-state index in [4.69, 9.17) is 21.1 Å². The van der Waals surface area contributed by atoms with E-state index in [0.29, 0.717) is 17.1 Å². The highest BCUT2D eigenvalue weighted by atomic mass is 35.5. The number of carbonyl (C=O) groups excluding carboxylic acids is 3. The molecule has 0 aliphatic carbocycles. The van der Waals surface area contributed by atoms with Gasteiger partial charge in [0.2, 0.25) is 5.91 Å². The number of nitrogens with zero attached hydrogens (tertiary/aromatic N) is 2. The van der Waals surface area contributed by atoms with E-state index in [0.717, 1.165) is 17.0 Å². The Kier molecular flexibility index (Phi) is 7.59. The van der Waals surface area contributed by atoms with Gasteiger partial charge in [-0.2, -0.15) is 5.10 Å². The number of hydrogen-bond donors (Lipinski definition) is 1. The quantitative estimate of drug-likeness (QED) is 0.646. The molecule has 2 rings (SSSR count). The van der Waals surface area contributed by atoms with E-state index < -0.39 is 11.9 Å². The van der Waals surface area contributed by atoms with Gasteiger partial charge >= 0.3 is 11.9 Å². The van der Waals surface area contributed by atoms with Crippen LogP contribution in [-0.2, 0) is 20.8 Å². The molecule has 0 radical (unpaired) electrons. The zero-order valence-electron chi connectivity index (χ0n) is 16.1. The van der Waals surface area contributed by atoms with Gasteiger partial charge in [0.25, 0.3) is 0 Å². The molecule has 2 heterocycles. The van der Waals surface area contributed by atoms with Crippen molar-refractivity contribution in [2.45, 2.75) is 40.7 Å². The van der Waals surface area contributed by atoms with Gasteiger partial charge in [-0.05, 0) is 33.3 Å². The van der Waals surface area contributed by atoms with Gasteiger partial charge < -0.3 is 14.8 Å². The maximum absolute atomic E-state index is 12.4. The van der Waals surface area contributed by atoms with Gasteiger partial charge in [-0.25, -0.2) is 9.59 Å². The number of amides is 1. The highest BCUT2D eigenvalue weighted by molar-refractivity contribution is 7.18. The van der Waals surface area contributed by atoms with E-state index >= 15 is 0 Å². The molecule has 0 fully saturated rings. The third-order valence-corrected chi connectivity index (χ3v) is 5.49. The number of aromatic nitrogens is 2. The number of hydrogen-bond acceptors (Lipinski definition) is 7. The Bertz CT molecular complexity index is 890. The van der Waals surface area contributed by atoms with Crippen LogP contribution in [0.5, 0.6) is 0 Å². The van der Waals surface area contributed by atoms with Gasteiger partial charge in [-0.1, -0.05) is 11.6 Å². The zero-order valence-corrected chi connectivity index (χ0v) is 17.7. The molecule has 0 bridgehead atoms. The second-order valence-corrected chi connectivity index (χ2v) is 7.23. The third-order valence-electron chi connectivity index (χ3n) is 3.93. The number of carbonyl (C=O) groups is 3. The lowest BCUT2D eigenvalue weighted by Gasteiger charge is -2.08. The summed E-state index contributed by atoms with van der Waals surface area (Å²) in [7, 11) is 0. The number of rotatable bonds is 8. The number of ether oxygens (including phenoxy) is 2. The summed E-state index contributed by atoms with van der Waals surface area (Å²) in [4.78, 5) is 37.2. The molecule has 1 N–H and O–H groups in total. The molecule has 8 nitrogen and oxygen atoms in total. The summed E-state index contributed by atoms with van der Waals surface area (Å²) in [5.41, 5.74) is 1.35. The second-order valence-electron chi connectivity index (χ2n) is 5.80. The predicted molar refractivity (Wildman–Crippen MR) is 106 cm³/mol. The molecular formula is C18H22ClN3O5S. The number of nitrogens with one attached hydrogen (secondary N) is 1. The smallest absolute Gasteiger partial charge is 0.348 e. The van der Waals surface area contributed by atoms with Crippen molar-refractivity contribution in [2.24, 2.45) is 0 Å². The molecule has 2 aromatic heterocycles. The molecule has 0 unspecified atom stereocenters. The Morgan fingerprint density at radius 1 is 1.18 bits per heavy atom. The lowest BCUT2D eigenvalue weighted by molar-refractivity contribution is -0.116. The first-order valence-corrected chi connectivity index (χ1v) is 9.94. The van der Waals surface area contributed by atoms with Crippen LogP contribution < -0.4 is 5.32 Å². The van der Waals surface area contributed by atoms with E-state index in [1.807, 2.05) is 0 Å². The van der Waals surface area contributed by atoms with Gasteiger partial charge in [0.15, 0.2) is 0 Å². The van der Waals surface area contributed by atoms with Gasteiger partial charge in [0, 0.05) is 6.42 Å². The summed E-state index contributed by atoms with van der Waals surface area (Å²) in [5, 5.41) is 7.59. The monoisotopic (exact) mass is 427 g/mol. The van der Waals surface area contributed by atoms with Gasteiger partial charge in [-0.15, -0.1) is 11.3 Å². The van der Waals surface area contributed by atoms with Crippen molar-refractivity contribution in [1.82, 2.24) is 9.78 Å². The summed E-state index contributed by atoms with van der Waals surface area (Å²) in [5.74, 6) is -1.47. The first kappa shape index (κ1) is 21.9. The average molecular weight is 428 g/mol. The highest BCUT2D eigenvalue weighted by Gasteiger charge is 2.27. The molecule has 0 aliphatic rings. The summed E-state index contributed by atoms with van der Waals surface area (Å²) >= 11 is 6.95. The minimum atomic E-state index is -0.600. The maximum atomic E-state index is 12.4. The number of aryl methyl sites for hydroxylation is 1. The van der Waals surface area contributed by atoms with Crippen LogP contribution in [0.4, 0.5) is 5.00 Å². The zero-order chi connectivity index (χ0) is 20.8. The second kappa shape index (κ2) is 9.70. The number of thiophene rings is 1. The molecule has 0 aromatic carbocycles. The molecule has 0 aliphatic heterocycles. The largest absolute Gasteiger partial charge is 0.462 e. The SMILES string of the molecule is CCOC(=O)c1sc(NC(=O)CCn2ncc(Cl)c2C)c(C(=O)OCC)c1C. The fourth-order valence-electron chi connectivity index (χ4n) is 2.49. The molecule has 10 heteroatoms. The van der Waals surface area contributed by atoms with Crippen molar-refractivity contribution in [1.29, 1.82) is 0 Å². The molecule has 1 amide bonds. The standard InChI is InChI=1S/C18H22ClN3O5S/c1-5-26-17(24)14-10(3)15(18(25)27-6-2)28-16(14)21-13(23)7-8-22-11(4)12(19)9-20-22/h9H,5-8H2,1-4H3,(H,21,23). The van der Waals surface area contributed by atoms with Crippen LogP contribution in [0.25, 0.3) is 0 Å². The third kappa shape index (κ3) is 4.90. The Morgan fingerprint density at radius 3 is 2.39 bits per heavy atom. The van der Waals surface area contributed by atoms with Crippen molar-refractivity contribution in [3.8, 4) is 0 Å². The molecule has 28 heavy (non-hydrogen) atoms. The normalized spacial score (nSPS) is 10.6. The number of anilines is 1. The van der Waals surface area contributed by atoms with E-state index in [2.05, 4.69) is 10.4 Å². The molecule has 2 aromatic rings. The fraction of sp³-hybridized carbons (Fsp3) is 0.444. The Hall–Kier alpha value is -2.39. The summed E-state index contributed by atoms with van der Waals surface area (Å²) in [6.45, 7) is 7.52. The minimum Gasteiger partial charge on any atom is -0.462 e. The van der Waals surface area contributed by atoms with E-state index in [1.165, 1.54) is 6.20 Å². The Labute approximate surface area is 171 Å². The van der Waals surface area contributed by atoms with Crippen LogP contribution in [-0.4, -0.2) is 40.8 Å². The first-order valence-electron chi connectivity index (χ1n) is 8.75. The van der Waals surface area contributed by atoms with Crippen LogP contribution in [0.15, 0.2) is 6.20 Å². The topological polar surface area (TPSA) is 99.5 Å². The lowest BCUT2D eigenvalue weighted by atomic mass is 10.1. The number of esters is 2. The first-order chi connectivity index (χ1) is 13.3. The highest BCUT2D eigenvalue weighted by Crippen LogP contribution is 2.34.